The van der Waals surface area contributed by atoms with Gasteiger partial charge in [0.15, 0.2) is 0 Å². The van der Waals surface area contributed by atoms with Crippen molar-refractivity contribution in [2.45, 2.75) is 32.9 Å². The zero-order chi connectivity index (χ0) is 11.5. The molecular formula is C11H15N3OS. The molecule has 5 heteroatoms. The van der Waals surface area contributed by atoms with Crippen LogP contribution in [0.15, 0.2) is 18.5 Å². The summed E-state index contributed by atoms with van der Waals surface area (Å²) in [6, 6.07) is 2.08. The van der Waals surface area contributed by atoms with E-state index in [1.807, 2.05) is 13.1 Å². The van der Waals surface area contributed by atoms with Crippen LogP contribution in [-0.4, -0.2) is 25.1 Å². The van der Waals surface area contributed by atoms with E-state index in [1.54, 1.807) is 13.1 Å². The Morgan fingerprint density at radius 2 is 2.38 bits per heavy atom. The quantitative estimate of drug-likeness (QED) is 0.879. The fraction of sp³-hybridized carbons (Fsp3) is 0.455. The molecular weight excluding hydrogens is 222 g/mol. The highest BCUT2D eigenvalue weighted by Crippen LogP contribution is 2.12. The lowest BCUT2D eigenvalue weighted by Crippen LogP contribution is -2.11. The standard InChI is InChI=1S/C11H15N3OS/c1-8-5-10(16-13-8)7-14-4-3-12-11(14)6-9(2)15/h3-5,9,15H,6-7H2,1-2H3. The van der Waals surface area contributed by atoms with Crippen LogP contribution in [0.2, 0.25) is 0 Å². The van der Waals surface area contributed by atoms with Gasteiger partial charge in [-0.1, -0.05) is 0 Å². The molecule has 0 aliphatic carbocycles. The van der Waals surface area contributed by atoms with Gasteiger partial charge in [0, 0.05) is 23.7 Å². The number of aliphatic hydroxyl groups excluding tert-OH is 1. The molecule has 1 N–H and O–H groups in total. The molecule has 2 heterocycles. The van der Waals surface area contributed by atoms with Gasteiger partial charge in [-0.2, -0.15) is 4.37 Å². The molecule has 1 unspecified atom stereocenters. The predicted octanol–water partition coefficient (Wildman–Crippen LogP) is 1.62. The smallest absolute Gasteiger partial charge is 0.111 e. The van der Waals surface area contributed by atoms with E-state index in [0.717, 1.165) is 18.1 Å². The summed E-state index contributed by atoms with van der Waals surface area (Å²) in [6.07, 6.45) is 3.94. The number of aryl methyl sites for hydroxylation is 1. The third-order valence-corrected chi connectivity index (χ3v) is 3.14. The number of aromatic nitrogens is 3. The number of hydrogen-bond donors (Lipinski definition) is 1. The van der Waals surface area contributed by atoms with Crippen LogP contribution in [0.4, 0.5) is 0 Å². The molecule has 2 aromatic rings. The van der Waals surface area contributed by atoms with Crippen LogP contribution in [0.1, 0.15) is 23.3 Å². The molecule has 0 aromatic carbocycles. The van der Waals surface area contributed by atoms with Crippen molar-refractivity contribution in [1.82, 2.24) is 13.9 Å². The van der Waals surface area contributed by atoms with Crippen molar-refractivity contribution in [3.05, 3.63) is 34.9 Å². The summed E-state index contributed by atoms with van der Waals surface area (Å²) in [5.41, 5.74) is 1.05. The van der Waals surface area contributed by atoms with Gasteiger partial charge in [0.25, 0.3) is 0 Å². The maximum absolute atomic E-state index is 9.36. The SMILES string of the molecule is Cc1cc(Cn2ccnc2CC(C)O)sn1. The second-order valence-electron chi connectivity index (χ2n) is 3.96. The molecule has 86 valence electrons. The van der Waals surface area contributed by atoms with E-state index in [4.69, 9.17) is 0 Å². The number of aliphatic hydroxyl groups is 1. The zero-order valence-corrected chi connectivity index (χ0v) is 10.2. The van der Waals surface area contributed by atoms with Gasteiger partial charge in [0.1, 0.15) is 5.82 Å². The van der Waals surface area contributed by atoms with Crippen LogP contribution >= 0.6 is 11.5 Å². The van der Waals surface area contributed by atoms with Crippen molar-refractivity contribution < 1.29 is 5.11 Å². The molecule has 0 spiro atoms. The summed E-state index contributed by atoms with van der Waals surface area (Å²) < 4.78 is 6.30. The zero-order valence-electron chi connectivity index (χ0n) is 9.42. The van der Waals surface area contributed by atoms with Crippen molar-refractivity contribution in [3.8, 4) is 0 Å². The Bertz CT molecular complexity index is 461. The summed E-state index contributed by atoms with van der Waals surface area (Å²) in [5.74, 6) is 0.918. The van der Waals surface area contributed by atoms with Crippen LogP contribution in [0.25, 0.3) is 0 Å². The van der Waals surface area contributed by atoms with E-state index < -0.39 is 0 Å². The Morgan fingerprint density at radius 3 is 3.00 bits per heavy atom. The minimum atomic E-state index is -0.357. The van der Waals surface area contributed by atoms with E-state index in [9.17, 15) is 5.11 Å². The van der Waals surface area contributed by atoms with Crippen molar-refractivity contribution in [2.24, 2.45) is 0 Å². The second kappa shape index (κ2) is 4.76. The Hall–Kier alpha value is -1.20. The molecule has 2 rings (SSSR count). The van der Waals surface area contributed by atoms with Crippen molar-refractivity contribution in [1.29, 1.82) is 0 Å². The van der Waals surface area contributed by atoms with Gasteiger partial charge in [0.05, 0.1) is 18.3 Å². The van der Waals surface area contributed by atoms with Gasteiger partial charge >= 0.3 is 0 Å². The number of nitrogens with zero attached hydrogens (tertiary/aromatic N) is 3. The highest BCUT2D eigenvalue weighted by Gasteiger charge is 2.07. The number of hydrogen-bond acceptors (Lipinski definition) is 4. The van der Waals surface area contributed by atoms with Gasteiger partial charge in [-0.25, -0.2) is 4.98 Å². The topological polar surface area (TPSA) is 50.9 Å². The first kappa shape index (κ1) is 11.3. The van der Waals surface area contributed by atoms with Gasteiger partial charge in [-0.15, -0.1) is 0 Å². The van der Waals surface area contributed by atoms with Crippen molar-refractivity contribution >= 4 is 11.5 Å². The Balaban J connectivity index is 2.12. The molecule has 0 saturated carbocycles. The summed E-state index contributed by atoms with van der Waals surface area (Å²) in [5, 5.41) is 9.36. The third kappa shape index (κ3) is 2.68. The Kier molecular flexibility index (Phi) is 3.36. The molecule has 0 fully saturated rings. The minimum absolute atomic E-state index is 0.357. The van der Waals surface area contributed by atoms with Gasteiger partial charge < -0.3 is 9.67 Å². The first-order chi connectivity index (χ1) is 7.65. The van der Waals surface area contributed by atoms with Crippen molar-refractivity contribution in [3.63, 3.8) is 0 Å². The van der Waals surface area contributed by atoms with Gasteiger partial charge in [-0.05, 0) is 31.4 Å². The molecule has 0 aliphatic rings. The highest BCUT2D eigenvalue weighted by molar-refractivity contribution is 7.05. The average molecular weight is 237 g/mol. The lowest BCUT2D eigenvalue weighted by molar-refractivity contribution is 0.191. The summed E-state index contributed by atoms with van der Waals surface area (Å²) in [6.45, 7) is 4.55. The molecule has 0 saturated heterocycles. The molecule has 2 aromatic heterocycles. The van der Waals surface area contributed by atoms with Crippen LogP contribution in [0, 0.1) is 6.92 Å². The molecule has 16 heavy (non-hydrogen) atoms. The summed E-state index contributed by atoms with van der Waals surface area (Å²) in [7, 11) is 0. The first-order valence-electron chi connectivity index (χ1n) is 5.25. The summed E-state index contributed by atoms with van der Waals surface area (Å²) >= 11 is 1.51. The van der Waals surface area contributed by atoms with Crippen LogP contribution in [0.3, 0.4) is 0 Å². The minimum Gasteiger partial charge on any atom is -0.393 e. The maximum Gasteiger partial charge on any atom is 0.111 e. The van der Waals surface area contributed by atoms with Crippen LogP contribution < -0.4 is 0 Å². The predicted molar refractivity (Wildman–Crippen MR) is 63.6 cm³/mol. The fourth-order valence-corrected chi connectivity index (χ4v) is 2.33. The van der Waals surface area contributed by atoms with Crippen LogP contribution in [-0.2, 0) is 13.0 Å². The Morgan fingerprint density at radius 1 is 1.56 bits per heavy atom. The largest absolute Gasteiger partial charge is 0.393 e. The summed E-state index contributed by atoms with van der Waals surface area (Å²) in [4.78, 5) is 5.46. The van der Waals surface area contributed by atoms with E-state index >= 15 is 0 Å². The first-order valence-corrected chi connectivity index (χ1v) is 6.03. The number of imidazole rings is 1. The molecule has 0 radical (unpaired) electrons. The van der Waals surface area contributed by atoms with Crippen molar-refractivity contribution in [2.75, 3.05) is 0 Å². The van der Waals surface area contributed by atoms with E-state index in [-0.39, 0.29) is 6.10 Å². The fourth-order valence-electron chi connectivity index (χ4n) is 1.60. The molecule has 0 amide bonds. The van der Waals surface area contributed by atoms with Gasteiger partial charge in [-0.3, -0.25) is 0 Å². The normalized spacial score (nSPS) is 12.9. The van der Waals surface area contributed by atoms with E-state index in [2.05, 4.69) is 20.0 Å². The average Bonchev–Trinajstić information content (AvgIpc) is 2.77. The van der Waals surface area contributed by atoms with E-state index in [1.165, 1.54) is 16.4 Å². The van der Waals surface area contributed by atoms with Crippen LogP contribution in [0.5, 0.6) is 0 Å². The molecule has 0 aliphatic heterocycles. The maximum atomic E-state index is 9.36. The lowest BCUT2D eigenvalue weighted by atomic mass is 10.3. The lowest BCUT2D eigenvalue weighted by Gasteiger charge is -2.07. The molecule has 4 nitrogen and oxygen atoms in total. The second-order valence-corrected chi connectivity index (χ2v) is 4.85. The van der Waals surface area contributed by atoms with Gasteiger partial charge in [0.2, 0.25) is 0 Å². The third-order valence-electron chi connectivity index (χ3n) is 2.28. The van der Waals surface area contributed by atoms with E-state index in [0.29, 0.717) is 6.42 Å². The molecule has 1 atom stereocenters. The monoisotopic (exact) mass is 237 g/mol. The molecule has 0 bridgehead atoms. The number of rotatable bonds is 4. The highest BCUT2D eigenvalue weighted by atomic mass is 32.1. The Labute approximate surface area is 98.7 Å².